The fraction of sp³-hybridized carbons (Fsp3) is 0.700. The number of rotatable bonds is 16. The van der Waals surface area contributed by atoms with Crippen LogP contribution in [0, 0.1) is 12.3 Å². The number of urea groups is 1. The Morgan fingerprint density at radius 1 is 0.974 bits per heavy atom. The first-order valence-electron chi connectivity index (χ1n) is 14.5. The van der Waals surface area contributed by atoms with E-state index in [-0.39, 0.29) is 24.5 Å². The molecule has 0 spiro atoms. The first-order valence-corrected chi connectivity index (χ1v) is 14.5. The predicted molar refractivity (Wildman–Crippen MR) is 152 cm³/mol. The third-order valence-corrected chi connectivity index (χ3v) is 7.98. The molecule has 8 heteroatoms. The molecule has 2 rings (SSSR count). The van der Waals surface area contributed by atoms with E-state index in [2.05, 4.69) is 37.9 Å². The van der Waals surface area contributed by atoms with Gasteiger partial charge in [-0.25, -0.2) is 9.69 Å². The van der Waals surface area contributed by atoms with Crippen molar-refractivity contribution in [2.75, 3.05) is 39.3 Å². The van der Waals surface area contributed by atoms with Gasteiger partial charge in [0.05, 0.1) is 11.5 Å². The number of nitrogens with one attached hydrogen (secondary N) is 1. The van der Waals surface area contributed by atoms with Crippen LogP contribution >= 0.6 is 0 Å². The number of benzene rings is 1. The van der Waals surface area contributed by atoms with Crippen molar-refractivity contribution in [3.05, 3.63) is 35.4 Å². The van der Waals surface area contributed by atoms with Crippen molar-refractivity contribution >= 4 is 17.8 Å². The number of aryl methyl sites for hydroxylation is 1. The Morgan fingerprint density at radius 2 is 1.61 bits per heavy atom. The first kappa shape index (κ1) is 31.8. The zero-order chi connectivity index (χ0) is 28.3. The van der Waals surface area contributed by atoms with Crippen LogP contribution in [0.3, 0.4) is 0 Å². The molecule has 1 heterocycles. The summed E-state index contributed by atoms with van der Waals surface area (Å²) in [5.41, 5.74) is 1.36. The highest BCUT2D eigenvalue weighted by molar-refractivity contribution is 6.03. The molecular weight excluding hydrogens is 480 g/mol. The number of nitrogens with zero attached hydrogens (tertiary/aromatic N) is 3. The fourth-order valence-electron chi connectivity index (χ4n) is 5.27. The number of amides is 4. The molecule has 0 aromatic heterocycles. The van der Waals surface area contributed by atoms with Gasteiger partial charge in [0.25, 0.3) is 0 Å². The van der Waals surface area contributed by atoms with Crippen LogP contribution in [0.5, 0.6) is 0 Å². The molecule has 1 unspecified atom stereocenters. The molecule has 1 aliphatic rings. The molecule has 0 saturated carbocycles. The zero-order valence-corrected chi connectivity index (χ0v) is 24.7. The lowest BCUT2D eigenvalue weighted by Crippen LogP contribution is -2.72. The smallest absolute Gasteiger partial charge is 0.326 e. The molecule has 4 amide bonds. The van der Waals surface area contributed by atoms with Crippen molar-refractivity contribution in [2.45, 2.75) is 92.8 Å². The lowest BCUT2D eigenvalue weighted by Gasteiger charge is -2.53. The van der Waals surface area contributed by atoms with E-state index in [1.54, 1.807) is 0 Å². The molecule has 1 fully saturated rings. The van der Waals surface area contributed by atoms with Crippen LogP contribution in [-0.2, 0) is 14.3 Å². The highest BCUT2D eigenvalue weighted by Crippen LogP contribution is 2.46. The van der Waals surface area contributed by atoms with Crippen molar-refractivity contribution in [2.24, 2.45) is 5.41 Å². The molecule has 0 bridgehead atoms. The minimum atomic E-state index is -0.793. The van der Waals surface area contributed by atoms with Crippen LogP contribution in [0.4, 0.5) is 4.79 Å². The van der Waals surface area contributed by atoms with Gasteiger partial charge in [0.1, 0.15) is 6.61 Å². The van der Waals surface area contributed by atoms with E-state index >= 15 is 0 Å². The molecular formula is C30H50N4O4. The molecule has 0 radical (unpaired) electrons. The van der Waals surface area contributed by atoms with Gasteiger partial charge in [-0.15, -0.1) is 0 Å². The third kappa shape index (κ3) is 7.35. The van der Waals surface area contributed by atoms with Crippen molar-refractivity contribution in [1.29, 1.82) is 0 Å². The summed E-state index contributed by atoms with van der Waals surface area (Å²) in [6.45, 7) is 18.1. The molecule has 8 nitrogen and oxygen atoms in total. The summed E-state index contributed by atoms with van der Waals surface area (Å²) in [4.78, 5) is 45.2. The molecule has 1 aromatic carbocycles. The fourth-order valence-corrected chi connectivity index (χ4v) is 5.27. The van der Waals surface area contributed by atoms with E-state index in [4.69, 9.17) is 4.74 Å². The molecule has 0 aliphatic carbocycles. The Balaban J connectivity index is 2.15. The van der Waals surface area contributed by atoms with Gasteiger partial charge < -0.3 is 19.9 Å². The minimum Gasteiger partial charge on any atom is -0.347 e. The van der Waals surface area contributed by atoms with Gasteiger partial charge in [0.15, 0.2) is 6.23 Å². The summed E-state index contributed by atoms with van der Waals surface area (Å²) < 4.78 is 6.13. The number of likely N-dealkylation sites (N-methyl/N-ethyl adjacent to an activating group) is 1. The van der Waals surface area contributed by atoms with Crippen molar-refractivity contribution in [3.8, 4) is 0 Å². The van der Waals surface area contributed by atoms with E-state index in [9.17, 15) is 14.4 Å². The van der Waals surface area contributed by atoms with Crippen LogP contribution in [0.1, 0.15) is 90.8 Å². The Kier molecular flexibility index (Phi) is 12.7. The summed E-state index contributed by atoms with van der Waals surface area (Å²) >= 11 is 0. The summed E-state index contributed by atoms with van der Waals surface area (Å²) in [6.07, 6.45) is 2.82. The topological polar surface area (TPSA) is 82.2 Å². The van der Waals surface area contributed by atoms with E-state index < -0.39 is 17.7 Å². The molecule has 214 valence electrons. The van der Waals surface area contributed by atoms with Gasteiger partial charge in [-0.1, -0.05) is 77.8 Å². The highest BCUT2D eigenvalue weighted by atomic mass is 16.5. The number of carbonyl (C=O) groups excluding carboxylic acids is 3. The number of imide groups is 1. The molecule has 1 N–H and O–H groups in total. The van der Waals surface area contributed by atoms with Gasteiger partial charge in [0, 0.05) is 19.6 Å². The maximum Gasteiger partial charge on any atom is 0.326 e. The first-order chi connectivity index (χ1) is 18.2. The average molecular weight is 531 g/mol. The summed E-state index contributed by atoms with van der Waals surface area (Å²) in [5, 5.41) is 3.06. The molecule has 1 aliphatic heterocycles. The SMILES string of the molecule is CCC[C@@H](NC(=O)N1C(=O)C(CC)(CC)C1OCC(=O)N(CCC)CCN(CC)CC)c1ccc(C)cc1. The molecule has 38 heavy (non-hydrogen) atoms. The van der Waals surface area contributed by atoms with E-state index in [1.165, 1.54) is 4.90 Å². The van der Waals surface area contributed by atoms with Crippen LogP contribution in [-0.4, -0.2) is 78.1 Å². The number of likely N-dealkylation sites (tertiary alicyclic amines) is 1. The largest absolute Gasteiger partial charge is 0.347 e. The molecule has 1 saturated heterocycles. The van der Waals surface area contributed by atoms with Gasteiger partial charge in [0.2, 0.25) is 11.8 Å². The Hall–Kier alpha value is -2.45. The van der Waals surface area contributed by atoms with E-state index in [0.717, 1.165) is 50.0 Å². The van der Waals surface area contributed by atoms with Crippen LogP contribution in [0.2, 0.25) is 0 Å². The average Bonchev–Trinajstić information content (AvgIpc) is 2.91. The zero-order valence-electron chi connectivity index (χ0n) is 24.7. The summed E-state index contributed by atoms with van der Waals surface area (Å²) in [7, 11) is 0. The van der Waals surface area contributed by atoms with Gasteiger partial charge in [-0.3, -0.25) is 9.59 Å². The second-order valence-electron chi connectivity index (χ2n) is 10.3. The quantitative estimate of drug-likeness (QED) is 0.300. The maximum absolute atomic E-state index is 13.4. The van der Waals surface area contributed by atoms with Crippen LogP contribution < -0.4 is 5.32 Å². The number of ether oxygens (including phenoxy) is 1. The Bertz CT molecular complexity index is 896. The molecule has 2 atom stereocenters. The summed E-state index contributed by atoms with van der Waals surface area (Å²) in [6, 6.07) is 7.42. The highest BCUT2D eigenvalue weighted by Gasteiger charge is 2.62. The van der Waals surface area contributed by atoms with Gasteiger partial charge in [-0.05, 0) is 51.3 Å². The van der Waals surface area contributed by atoms with Crippen LogP contribution in [0.25, 0.3) is 0 Å². The van der Waals surface area contributed by atoms with Gasteiger partial charge in [-0.2, -0.15) is 0 Å². The van der Waals surface area contributed by atoms with E-state index in [0.29, 0.717) is 25.9 Å². The van der Waals surface area contributed by atoms with Crippen molar-refractivity contribution < 1.29 is 19.1 Å². The summed E-state index contributed by atoms with van der Waals surface area (Å²) in [5.74, 6) is -0.341. The number of hydrogen-bond donors (Lipinski definition) is 1. The monoisotopic (exact) mass is 530 g/mol. The standard InChI is InChI=1S/C30H50N4O4/c1-8-14-25(24-17-15-23(7)16-18-24)31-29(37)34-27(36)30(10-3,11-4)28(34)38-22-26(35)33(19-9-2)21-20-32(12-5)13-6/h15-18,25,28H,8-14,19-22H2,1-7H3,(H,31,37)/t25-,28?/m1/s1. The lowest BCUT2D eigenvalue weighted by atomic mass is 9.72. The normalized spacial score (nSPS) is 17.3. The Labute approximate surface area is 230 Å². The number of β-lactam (4-membered cyclic amide) rings is 1. The predicted octanol–water partition coefficient (Wildman–Crippen LogP) is 5.12. The number of carbonyl (C=O) groups is 3. The second kappa shape index (κ2) is 15.2. The molecule has 1 aromatic rings. The van der Waals surface area contributed by atoms with Crippen molar-refractivity contribution in [1.82, 2.24) is 20.0 Å². The Morgan fingerprint density at radius 3 is 2.13 bits per heavy atom. The maximum atomic E-state index is 13.4. The second-order valence-corrected chi connectivity index (χ2v) is 10.3. The number of hydrogen-bond acceptors (Lipinski definition) is 5. The van der Waals surface area contributed by atoms with Crippen LogP contribution in [0.15, 0.2) is 24.3 Å². The lowest BCUT2D eigenvalue weighted by molar-refractivity contribution is -0.212. The third-order valence-electron chi connectivity index (χ3n) is 7.98. The van der Waals surface area contributed by atoms with E-state index in [1.807, 2.05) is 49.9 Å². The minimum absolute atomic E-state index is 0.108. The van der Waals surface area contributed by atoms with Gasteiger partial charge >= 0.3 is 6.03 Å². The van der Waals surface area contributed by atoms with Crippen molar-refractivity contribution in [3.63, 3.8) is 0 Å².